The van der Waals surface area contributed by atoms with Gasteiger partial charge in [-0.25, -0.2) is 4.39 Å². The van der Waals surface area contributed by atoms with Gasteiger partial charge in [0.2, 0.25) is 5.39 Å². The van der Waals surface area contributed by atoms with Crippen molar-refractivity contribution in [1.82, 2.24) is 0 Å². The molecule has 0 bridgehead atoms. The molecule has 0 fully saturated rings. The summed E-state index contributed by atoms with van der Waals surface area (Å²) in [6, 6.07) is 12.5. The predicted molar refractivity (Wildman–Crippen MR) is 57.7 cm³/mol. The van der Waals surface area contributed by atoms with E-state index in [-0.39, 0.29) is 5.75 Å². The van der Waals surface area contributed by atoms with Crippen molar-refractivity contribution in [2.24, 2.45) is 0 Å². The number of para-hydroxylation sites is 1. The molecular formula is C12H8FN2O+. The molecule has 0 aliphatic heterocycles. The van der Waals surface area contributed by atoms with Crippen LogP contribution in [0, 0.1) is 11.2 Å². The molecule has 2 aromatic rings. The first kappa shape index (κ1) is 10.1. The fraction of sp³-hybridized carbons (Fsp3) is 0. The van der Waals surface area contributed by atoms with Crippen molar-refractivity contribution in [3.63, 3.8) is 0 Å². The van der Waals surface area contributed by atoms with Gasteiger partial charge in [0.05, 0.1) is 0 Å². The van der Waals surface area contributed by atoms with E-state index in [1.165, 1.54) is 6.07 Å². The maximum Gasteiger partial charge on any atom is 0.385 e. The van der Waals surface area contributed by atoms with Crippen LogP contribution in [0.3, 0.4) is 0 Å². The molecule has 2 aromatic carbocycles. The number of halogens is 1. The van der Waals surface area contributed by atoms with Crippen molar-refractivity contribution in [2.75, 3.05) is 0 Å². The molecule has 78 valence electrons. The summed E-state index contributed by atoms with van der Waals surface area (Å²) in [5, 5.41) is 8.49. The standard InChI is InChI=1S/C12H8FN2O/c13-11-3-1-2-4-12(11)16-10-7-5-9(15-14)6-8-10/h1-8H/q+1. The van der Waals surface area contributed by atoms with E-state index in [1.807, 2.05) is 0 Å². The summed E-state index contributed by atoms with van der Waals surface area (Å²) in [6.07, 6.45) is 0. The van der Waals surface area contributed by atoms with Crippen LogP contribution < -0.4 is 4.74 Å². The summed E-state index contributed by atoms with van der Waals surface area (Å²) in [7, 11) is 0. The molecule has 0 atom stereocenters. The lowest BCUT2D eigenvalue weighted by Gasteiger charge is -2.04. The van der Waals surface area contributed by atoms with Crippen LogP contribution in [-0.4, -0.2) is 0 Å². The molecule has 0 saturated heterocycles. The Balaban J connectivity index is 2.22. The van der Waals surface area contributed by atoms with Crippen molar-refractivity contribution in [2.45, 2.75) is 0 Å². The van der Waals surface area contributed by atoms with E-state index in [9.17, 15) is 4.39 Å². The molecule has 0 amide bonds. The summed E-state index contributed by atoms with van der Waals surface area (Å²) >= 11 is 0. The Hall–Kier alpha value is -2.41. The zero-order chi connectivity index (χ0) is 11.4. The van der Waals surface area contributed by atoms with Crippen LogP contribution >= 0.6 is 0 Å². The molecule has 0 aliphatic rings. The Morgan fingerprint density at radius 2 is 1.69 bits per heavy atom. The highest BCUT2D eigenvalue weighted by molar-refractivity contribution is 5.47. The molecule has 0 saturated carbocycles. The third-order valence-corrected chi connectivity index (χ3v) is 2.02. The van der Waals surface area contributed by atoms with Crippen molar-refractivity contribution >= 4 is 5.69 Å². The van der Waals surface area contributed by atoms with Crippen molar-refractivity contribution < 1.29 is 9.13 Å². The maximum absolute atomic E-state index is 13.2. The molecule has 4 heteroatoms. The Bertz CT molecular complexity index is 531. The lowest BCUT2D eigenvalue weighted by molar-refractivity contribution is 0.442. The second kappa shape index (κ2) is 4.41. The van der Waals surface area contributed by atoms with Gasteiger partial charge in [0.25, 0.3) is 0 Å². The Kier molecular flexibility index (Phi) is 2.79. The second-order valence-electron chi connectivity index (χ2n) is 3.13. The van der Waals surface area contributed by atoms with Crippen LogP contribution in [0.15, 0.2) is 48.5 Å². The van der Waals surface area contributed by atoms with Gasteiger partial charge < -0.3 is 4.74 Å². The second-order valence-corrected chi connectivity index (χ2v) is 3.13. The lowest BCUT2D eigenvalue weighted by atomic mass is 10.3. The topological polar surface area (TPSA) is 37.4 Å². The van der Waals surface area contributed by atoms with Crippen LogP contribution in [-0.2, 0) is 0 Å². The van der Waals surface area contributed by atoms with Gasteiger partial charge in [-0.2, -0.15) is 0 Å². The average Bonchev–Trinajstić information content (AvgIpc) is 2.33. The zero-order valence-electron chi connectivity index (χ0n) is 8.30. The van der Waals surface area contributed by atoms with Crippen LogP contribution in [0.2, 0.25) is 0 Å². The highest BCUT2D eigenvalue weighted by Crippen LogP contribution is 2.25. The number of nitrogens with zero attached hydrogens (tertiary/aromatic N) is 2. The molecule has 0 spiro atoms. The minimum Gasteiger partial charge on any atom is -0.454 e. The SMILES string of the molecule is N#[N+]c1ccc(Oc2ccccc2F)cc1. The first-order valence-electron chi connectivity index (χ1n) is 4.67. The summed E-state index contributed by atoms with van der Waals surface area (Å²) in [6.45, 7) is 0. The lowest BCUT2D eigenvalue weighted by Crippen LogP contribution is -1.86. The van der Waals surface area contributed by atoms with Crippen LogP contribution in [0.5, 0.6) is 11.5 Å². The normalized spacial score (nSPS) is 9.50. The third kappa shape index (κ3) is 2.15. The van der Waals surface area contributed by atoms with Crippen LogP contribution in [0.1, 0.15) is 0 Å². The number of diazo groups is 1. The molecule has 16 heavy (non-hydrogen) atoms. The molecule has 0 radical (unpaired) electrons. The minimum atomic E-state index is -0.418. The summed E-state index contributed by atoms with van der Waals surface area (Å²) in [5.74, 6) is 0.229. The minimum absolute atomic E-state index is 0.163. The maximum atomic E-state index is 13.2. The molecule has 2 rings (SSSR count). The van der Waals surface area contributed by atoms with Gasteiger partial charge in [0.1, 0.15) is 5.75 Å². The van der Waals surface area contributed by atoms with E-state index >= 15 is 0 Å². The predicted octanol–water partition coefficient (Wildman–Crippen LogP) is 4.10. The zero-order valence-corrected chi connectivity index (χ0v) is 8.30. The first-order chi connectivity index (χ1) is 7.79. The summed E-state index contributed by atoms with van der Waals surface area (Å²) in [4.78, 5) is 3.01. The highest BCUT2D eigenvalue weighted by atomic mass is 19.1. The number of hydrogen-bond acceptors (Lipinski definition) is 2. The van der Waals surface area contributed by atoms with Gasteiger partial charge in [0.15, 0.2) is 16.5 Å². The third-order valence-electron chi connectivity index (χ3n) is 2.02. The van der Waals surface area contributed by atoms with E-state index in [1.54, 1.807) is 42.5 Å². The quantitative estimate of drug-likeness (QED) is 0.707. The fourth-order valence-corrected chi connectivity index (χ4v) is 1.24. The number of rotatable bonds is 2. The largest absolute Gasteiger partial charge is 0.454 e. The first-order valence-corrected chi connectivity index (χ1v) is 4.67. The van der Waals surface area contributed by atoms with Crippen LogP contribution in [0.4, 0.5) is 10.1 Å². The molecule has 0 heterocycles. The molecule has 0 unspecified atom stereocenters. The van der Waals surface area contributed by atoms with Gasteiger partial charge in [-0.15, -0.1) is 0 Å². The number of ether oxygens (including phenoxy) is 1. The molecule has 0 N–H and O–H groups in total. The Morgan fingerprint density at radius 1 is 1.00 bits per heavy atom. The molecule has 3 nitrogen and oxygen atoms in total. The summed E-state index contributed by atoms with van der Waals surface area (Å²) < 4.78 is 18.5. The van der Waals surface area contributed by atoms with Crippen molar-refractivity contribution in [3.05, 3.63) is 59.3 Å². The van der Waals surface area contributed by atoms with E-state index in [0.717, 1.165) is 0 Å². The van der Waals surface area contributed by atoms with Gasteiger partial charge in [0, 0.05) is 12.1 Å². The molecular weight excluding hydrogens is 207 g/mol. The fourth-order valence-electron chi connectivity index (χ4n) is 1.24. The molecule has 0 aliphatic carbocycles. The monoisotopic (exact) mass is 215 g/mol. The van der Waals surface area contributed by atoms with Gasteiger partial charge in [-0.1, -0.05) is 12.1 Å². The Morgan fingerprint density at radius 3 is 2.31 bits per heavy atom. The number of hydrogen-bond donors (Lipinski definition) is 0. The van der Waals surface area contributed by atoms with Gasteiger partial charge in [-0.3, -0.25) is 0 Å². The van der Waals surface area contributed by atoms with E-state index in [2.05, 4.69) is 4.98 Å². The van der Waals surface area contributed by atoms with Crippen molar-refractivity contribution in [3.8, 4) is 11.5 Å². The smallest absolute Gasteiger partial charge is 0.385 e. The van der Waals surface area contributed by atoms with Gasteiger partial charge >= 0.3 is 5.69 Å². The van der Waals surface area contributed by atoms with E-state index < -0.39 is 5.82 Å². The highest BCUT2D eigenvalue weighted by Gasteiger charge is 2.06. The Labute approximate surface area is 91.7 Å². The van der Waals surface area contributed by atoms with Crippen molar-refractivity contribution in [1.29, 1.82) is 5.39 Å². The van der Waals surface area contributed by atoms with Gasteiger partial charge in [-0.05, 0) is 24.3 Å². The van der Waals surface area contributed by atoms with Crippen LogP contribution in [0.25, 0.3) is 4.98 Å². The number of benzene rings is 2. The van der Waals surface area contributed by atoms with E-state index in [4.69, 9.17) is 10.1 Å². The van der Waals surface area contributed by atoms with E-state index in [0.29, 0.717) is 11.4 Å². The summed E-state index contributed by atoms with van der Waals surface area (Å²) in [5.41, 5.74) is 0.417. The average molecular weight is 215 g/mol. The molecule has 0 aromatic heterocycles.